The van der Waals surface area contributed by atoms with E-state index < -0.39 is 5.41 Å². The molecule has 4 N–H and O–H groups in total. The highest BCUT2D eigenvalue weighted by Gasteiger charge is 2.49. The molecule has 1 aliphatic heterocycles. The fourth-order valence-electron chi connectivity index (χ4n) is 3.66. The Bertz CT molecular complexity index is 378. The van der Waals surface area contributed by atoms with Crippen LogP contribution < -0.4 is 5.73 Å². The van der Waals surface area contributed by atoms with Crippen molar-refractivity contribution in [2.45, 2.75) is 57.4 Å². The molecule has 20 heavy (non-hydrogen) atoms. The number of aliphatic hydroxyl groups excluding tert-OH is 1. The maximum atomic E-state index is 12.9. The molecular formula is C14H25N3O3. The average Bonchev–Trinajstić information content (AvgIpc) is 3.13. The predicted octanol–water partition coefficient (Wildman–Crippen LogP) is 1.06. The third-order valence-electron chi connectivity index (χ3n) is 4.80. The number of aliphatic hydroxyl groups is 1. The third kappa shape index (κ3) is 2.61. The molecule has 2 fully saturated rings. The van der Waals surface area contributed by atoms with Gasteiger partial charge in [-0.1, -0.05) is 18.0 Å². The topological polar surface area (TPSA) is 99.2 Å². The largest absolute Gasteiger partial charge is 0.409 e. The van der Waals surface area contributed by atoms with Gasteiger partial charge in [0.2, 0.25) is 5.91 Å². The van der Waals surface area contributed by atoms with Crippen molar-refractivity contribution in [2.24, 2.45) is 16.3 Å². The molecule has 1 atom stereocenters. The van der Waals surface area contributed by atoms with Crippen LogP contribution in [0.2, 0.25) is 0 Å². The van der Waals surface area contributed by atoms with Gasteiger partial charge < -0.3 is 20.9 Å². The van der Waals surface area contributed by atoms with E-state index in [-0.39, 0.29) is 24.4 Å². The van der Waals surface area contributed by atoms with E-state index >= 15 is 0 Å². The van der Waals surface area contributed by atoms with E-state index in [0.717, 1.165) is 38.6 Å². The lowest BCUT2D eigenvalue weighted by molar-refractivity contribution is -0.139. The van der Waals surface area contributed by atoms with Gasteiger partial charge in [-0.2, -0.15) is 0 Å². The van der Waals surface area contributed by atoms with Gasteiger partial charge in [-0.05, 0) is 38.5 Å². The molecule has 6 nitrogen and oxygen atoms in total. The molecule has 6 heteroatoms. The Kier molecular flexibility index (Phi) is 4.86. The number of carbonyl (C=O) groups is 1. The molecule has 1 saturated carbocycles. The quantitative estimate of drug-likeness (QED) is 0.304. The Hall–Kier alpha value is -1.30. The fraction of sp³-hybridized carbons (Fsp3) is 0.857. The summed E-state index contributed by atoms with van der Waals surface area (Å²) in [5.74, 6) is 0.0820. The summed E-state index contributed by atoms with van der Waals surface area (Å²) in [6, 6.07) is 0.193. The maximum absolute atomic E-state index is 12.9. The first-order valence-corrected chi connectivity index (χ1v) is 7.55. The highest BCUT2D eigenvalue weighted by atomic mass is 16.4. The molecule has 0 aromatic heterocycles. The molecule has 0 aromatic carbocycles. The van der Waals surface area contributed by atoms with Gasteiger partial charge in [-0.15, -0.1) is 0 Å². The summed E-state index contributed by atoms with van der Waals surface area (Å²) in [4.78, 5) is 14.8. The van der Waals surface area contributed by atoms with Crippen LogP contribution in [-0.4, -0.2) is 46.1 Å². The van der Waals surface area contributed by atoms with Crippen LogP contribution in [0, 0.1) is 5.41 Å². The first kappa shape index (κ1) is 15.1. The predicted molar refractivity (Wildman–Crippen MR) is 75.4 cm³/mol. The van der Waals surface area contributed by atoms with E-state index in [9.17, 15) is 4.79 Å². The zero-order valence-electron chi connectivity index (χ0n) is 11.9. The number of nitrogens with zero attached hydrogens (tertiary/aromatic N) is 2. The van der Waals surface area contributed by atoms with Gasteiger partial charge in [-0.25, -0.2) is 0 Å². The van der Waals surface area contributed by atoms with Crippen molar-refractivity contribution in [1.29, 1.82) is 0 Å². The first-order chi connectivity index (χ1) is 9.65. The molecule has 1 amide bonds. The van der Waals surface area contributed by atoms with Crippen molar-refractivity contribution in [3.63, 3.8) is 0 Å². The van der Waals surface area contributed by atoms with Crippen molar-refractivity contribution < 1.29 is 15.1 Å². The number of nitrogens with two attached hydrogens (primary N) is 1. The highest BCUT2D eigenvalue weighted by molar-refractivity contribution is 6.07. The van der Waals surface area contributed by atoms with Gasteiger partial charge in [0, 0.05) is 19.2 Å². The van der Waals surface area contributed by atoms with Crippen LogP contribution in [0.15, 0.2) is 5.16 Å². The van der Waals surface area contributed by atoms with Gasteiger partial charge in [0.15, 0.2) is 5.84 Å². The number of hydrogen-bond acceptors (Lipinski definition) is 4. The third-order valence-corrected chi connectivity index (χ3v) is 4.80. The summed E-state index contributed by atoms with van der Waals surface area (Å²) in [7, 11) is 0. The number of rotatable bonds is 5. The fourth-order valence-corrected chi connectivity index (χ4v) is 3.66. The zero-order valence-corrected chi connectivity index (χ0v) is 11.9. The minimum Gasteiger partial charge on any atom is -0.409 e. The van der Waals surface area contributed by atoms with Crippen LogP contribution >= 0.6 is 0 Å². The number of carbonyl (C=O) groups excluding carboxylic acids is 1. The molecule has 1 heterocycles. The Balaban J connectivity index is 2.15. The summed E-state index contributed by atoms with van der Waals surface area (Å²) >= 11 is 0. The summed E-state index contributed by atoms with van der Waals surface area (Å²) in [6.45, 7) is 0.902. The van der Waals surface area contributed by atoms with Crippen molar-refractivity contribution >= 4 is 11.7 Å². The molecule has 1 saturated heterocycles. The number of hydrogen-bond donors (Lipinski definition) is 3. The van der Waals surface area contributed by atoms with E-state index in [2.05, 4.69) is 5.16 Å². The van der Waals surface area contributed by atoms with Gasteiger partial charge in [0.05, 0.1) is 0 Å². The summed E-state index contributed by atoms with van der Waals surface area (Å²) in [6.07, 6.45) is 6.75. The van der Waals surface area contributed by atoms with Gasteiger partial charge in [-0.3, -0.25) is 4.79 Å². The standard InChI is InChI=1S/C14H25N3O3/c15-12(16-20)14(7-1-2-8-14)13(19)17-9-3-5-11(17)6-4-10-18/h11,18,20H,1-10H2,(H2,15,16). The summed E-state index contributed by atoms with van der Waals surface area (Å²) in [5, 5.41) is 21.1. The molecule has 2 aliphatic rings. The molecule has 0 bridgehead atoms. The smallest absolute Gasteiger partial charge is 0.236 e. The average molecular weight is 283 g/mol. The molecule has 0 spiro atoms. The molecule has 0 radical (unpaired) electrons. The molecule has 2 rings (SSSR count). The lowest BCUT2D eigenvalue weighted by atomic mass is 9.83. The second-order valence-corrected chi connectivity index (χ2v) is 5.93. The Morgan fingerprint density at radius 3 is 2.65 bits per heavy atom. The first-order valence-electron chi connectivity index (χ1n) is 7.55. The van der Waals surface area contributed by atoms with Crippen LogP contribution in [0.25, 0.3) is 0 Å². The molecular weight excluding hydrogens is 258 g/mol. The van der Waals surface area contributed by atoms with E-state index in [1.165, 1.54) is 0 Å². The SMILES string of the molecule is NC(=NO)C1(C(=O)N2CCCC2CCCO)CCCC1. The minimum atomic E-state index is -0.795. The second kappa shape index (κ2) is 6.43. The lowest BCUT2D eigenvalue weighted by Crippen LogP contribution is -2.51. The number of amidine groups is 1. The lowest BCUT2D eigenvalue weighted by Gasteiger charge is -2.34. The molecule has 1 aliphatic carbocycles. The van der Waals surface area contributed by atoms with Crippen LogP contribution in [0.4, 0.5) is 0 Å². The monoisotopic (exact) mass is 283 g/mol. The van der Waals surface area contributed by atoms with Crippen LogP contribution in [-0.2, 0) is 4.79 Å². The minimum absolute atomic E-state index is 0.0192. The van der Waals surface area contributed by atoms with Gasteiger partial charge in [0.1, 0.15) is 5.41 Å². The van der Waals surface area contributed by atoms with Crippen molar-refractivity contribution in [3.05, 3.63) is 0 Å². The number of likely N-dealkylation sites (tertiary alicyclic amines) is 1. The van der Waals surface area contributed by atoms with E-state index in [1.807, 2.05) is 4.90 Å². The normalized spacial score (nSPS) is 26.1. The summed E-state index contributed by atoms with van der Waals surface area (Å²) in [5.41, 5.74) is 5.04. The Labute approximate surface area is 119 Å². The number of amides is 1. The zero-order chi connectivity index (χ0) is 14.6. The second-order valence-electron chi connectivity index (χ2n) is 5.93. The van der Waals surface area contributed by atoms with Crippen LogP contribution in [0.3, 0.4) is 0 Å². The van der Waals surface area contributed by atoms with Crippen molar-refractivity contribution in [1.82, 2.24) is 4.90 Å². The Morgan fingerprint density at radius 2 is 2.05 bits per heavy atom. The summed E-state index contributed by atoms with van der Waals surface area (Å²) < 4.78 is 0. The maximum Gasteiger partial charge on any atom is 0.236 e. The van der Waals surface area contributed by atoms with E-state index in [1.54, 1.807) is 0 Å². The van der Waals surface area contributed by atoms with Crippen molar-refractivity contribution in [3.8, 4) is 0 Å². The van der Waals surface area contributed by atoms with Gasteiger partial charge >= 0.3 is 0 Å². The van der Waals surface area contributed by atoms with Crippen LogP contribution in [0.1, 0.15) is 51.4 Å². The highest BCUT2D eigenvalue weighted by Crippen LogP contribution is 2.41. The van der Waals surface area contributed by atoms with E-state index in [4.69, 9.17) is 16.0 Å². The molecule has 1 unspecified atom stereocenters. The molecule has 0 aromatic rings. The van der Waals surface area contributed by atoms with Gasteiger partial charge in [0.25, 0.3) is 0 Å². The number of oxime groups is 1. The molecule has 114 valence electrons. The van der Waals surface area contributed by atoms with E-state index in [0.29, 0.717) is 19.3 Å². The Morgan fingerprint density at radius 1 is 1.35 bits per heavy atom. The van der Waals surface area contributed by atoms with Crippen molar-refractivity contribution in [2.75, 3.05) is 13.2 Å². The van der Waals surface area contributed by atoms with Crippen LogP contribution in [0.5, 0.6) is 0 Å².